The summed E-state index contributed by atoms with van der Waals surface area (Å²) in [6, 6.07) is 8.88. The standard InChI is InChI=1S/C14H24N2S/c1-12(11-17-3)16(2)10-4-5-13-6-8-14(15)9-7-13/h6-9,12H,4-5,10-11,15H2,1-3H3. The van der Waals surface area contributed by atoms with E-state index in [1.54, 1.807) is 0 Å². The van der Waals surface area contributed by atoms with Crippen LogP contribution in [0.25, 0.3) is 0 Å². The van der Waals surface area contributed by atoms with Gasteiger partial charge in [0, 0.05) is 17.5 Å². The summed E-state index contributed by atoms with van der Waals surface area (Å²) in [6.07, 6.45) is 4.51. The van der Waals surface area contributed by atoms with Gasteiger partial charge in [-0.2, -0.15) is 11.8 Å². The number of thioether (sulfide) groups is 1. The van der Waals surface area contributed by atoms with E-state index in [9.17, 15) is 0 Å². The number of hydrogen-bond donors (Lipinski definition) is 1. The van der Waals surface area contributed by atoms with Crippen LogP contribution in [0.4, 0.5) is 5.69 Å². The lowest BCUT2D eigenvalue weighted by Crippen LogP contribution is -2.32. The average Bonchev–Trinajstić information content (AvgIpc) is 2.32. The van der Waals surface area contributed by atoms with Crippen LogP contribution in [0.5, 0.6) is 0 Å². The molecule has 0 aliphatic carbocycles. The second kappa shape index (κ2) is 7.62. The van der Waals surface area contributed by atoms with Crippen LogP contribution in [0.1, 0.15) is 18.9 Å². The van der Waals surface area contributed by atoms with E-state index in [4.69, 9.17) is 5.73 Å². The molecule has 0 aliphatic heterocycles. The molecule has 2 N–H and O–H groups in total. The Morgan fingerprint density at radius 3 is 2.53 bits per heavy atom. The Balaban J connectivity index is 2.25. The minimum atomic E-state index is 0.663. The molecule has 0 heterocycles. The molecule has 1 aromatic carbocycles. The second-order valence-electron chi connectivity index (χ2n) is 4.63. The molecule has 0 saturated heterocycles. The third-order valence-corrected chi connectivity index (χ3v) is 3.93. The average molecular weight is 252 g/mol. The van der Waals surface area contributed by atoms with Crippen LogP contribution in [0.15, 0.2) is 24.3 Å². The van der Waals surface area contributed by atoms with Crippen molar-refractivity contribution in [1.82, 2.24) is 4.90 Å². The molecule has 3 heteroatoms. The predicted octanol–water partition coefficient (Wildman–Crippen LogP) is 2.88. The van der Waals surface area contributed by atoms with Gasteiger partial charge >= 0.3 is 0 Å². The largest absolute Gasteiger partial charge is 0.399 e. The van der Waals surface area contributed by atoms with Gasteiger partial charge < -0.3 is 10.6 Å². The fraction of sp³-hybridized carbons (Fsp3) is 0.571. The Bertz CT molecular complexity index is 311. The first-order valence-electron chi connectivity index (χ1n) is 6.17. The number of nitrogen functional groups attached to an aromatic ring is 1. The number of anilines is 1. The summed E-state index contributed by atoms with van der Waals surface area (Å²) < 4.78 is 0. The van der Waals surface area contributed by atoms with Gasteiger partial charge in [0.1, 0.15) is 0 Å². The SMILES string of the molecule is CSCC(C)N(C)CCCc1ccc(N)cc1. The van der Waals surface area contributed by atoms with E-state index in [1.807, 2.05) is 23.9 Å². The maximum absolute atomic E-state index is 5.67. The molecule has 0 spiro atoms. The highest BCUT2D eigenvalue weighted by Gasteiger charge is 2.07. The molecule has 17 heavy (non-hydrogen) atoms. The van der Waals surface area contributed by atoms with Crippen LogP contribution in [0.3, 0.4) is 0 Å². The first kappa shape index (κ1) is 14.4. The second-order valence-corrected chi connectivity index (χ2v) is 5.54. The molecule has 0 saturated carbocycles. The van der Waals surface area contributed by atoms with Crippen molar-refractivity contribution < 1.29 is 0 Å². The topological polar surface area (TPSA) is 29.3 Å². The van der Waals surface area contributed by atoms with Crippen molar-refractivity contribution in [2.45, 2.75) is 25.8 Å². The van der Waals surface area contributed by atoms with Crippen molar-refractivity contribution in [3.05, 3.63) is 29.8 Å². The van der Waals surface area contributed by atoms with Gasteiger partial charge in [0.05, 0.1) is 0 Å². The van der Waals surface area contributed by atoms with Gasteiger partial charge in [-0.05, 0) is 57.3 Å². The lowest BCUT2D eigenvalue weighted by atomic mass is 10.1. The molecule has 0 amide bonds. The molecule has 2 nitrogen and oxygen atoms in total. The lowest BCUT2D eigenvalue weighted by Gasteiger charge is -2.23. The highest BCUT2D eigenvalue weighted by Crippen LogP contribution is 2.09. The summed E-state index contributed by atoms with van der Waals surface area (Å²) in [4.78, 5) is 2.44. The molecule has 1 aromatic rings. The molecule has 1 rings (SSSR count). The number of hydrogen-bond acceptors (Lipinski definition) is 3. The molecular weight excluding hydrogens is 228 g/mol. The van der Waals surface area contributed by atoms with Gasteiger partial charge in [-0.15, -0.1) is 0 Å². The molecule has 0 fully saturated rings. The van der Waals surface area contributed by atoms with Crippen LogP contribution in [-0.2, 0) is 6.42 Å². The summed E-state index contributed by atoms with van der Waals surface area (Å²) >= 11 is 1.91. The first-order valence-corrected chi connectivity index (χ1v) is 7.56. The van der Waals surface area contributed by atoms with Crippen molar-refractivity contribution in [1.29, 1.82) is 0 Å². The van der Waals surface area contributed by atoms with Gasteiger partial charge in [-0.3, -0.25) is 0 Å². The van der Waals surface area contributed by atoms with E-state index in [0.717, 1.165) is 18.7 Å². The number of nitrogens with two attached hydrogens (primary N) is 1. The van der Waals surface area contributed by atoms with Crippen LogP contribution >= 0.6 is 11.8 Å². The summed E-state index contributed by atoms with van der Waals surface area (Å²) in [5.41, 5.74) is 7.89. The summed E-state index contributed by atoms with van der Waals surface area (Å²) in [7, 11) is 2.21. The first-order chi connectivity index (χ1) is 8.13. The van der Waals surface area contributed by atoms with Gasteiger partial charge in [0.25, 0.3) is 0 Å². The molecule has 96 valence electrons. The van der Waals surface area contributed by atoms with Crippen LogP contribution in [-0.4, -0.2) is 36.5 Å². The Hall–Kier alpha value is -0.670. The molecule has 0 aliphatic rings. The number of rotatable bonds is 7. The maximum atomic E-state index is 5.67. The fourth-order valence-corrected chi connectivity index (χ4v) is 2.54. The molecule has 1 unspecified atom stereocenters. The molecule has 0 bridgehead atoms. The molecule has 0 radical (unpaired) electrons. The van der Waals surface area contributed by atoms with E-state index in [1.165, 1.54) is 17.7 Å². The fourth-order valence-electron chi connectivity index (χ4n) is 1.81. The van der Waals surface area contributed by atoms with Crippen molar-refractivity contribution in [2.24, 2.45) is 0 Å². The van der Waals surface area contributed by atoms with E-state index in [0.29, 0.717) is 6.04 Å². The minimum Gasteiger partial charge on any atom is -0.399 e. The summed E-state index contributed by atoms with van der Waals surface area (Å²) in [5, 5.41) is 0. The third kappa shape index (κ3) is 5.46. The van der Waals surface area contributed by atoms with E-state index < -0.39 is 0 Å². The Labute approximate surface area is 110 Å². The minimum absolute atomic E-state index is 0.663. The van der Waals surface area contributed by atoms with Gasteiger partial charge in [0.2, 0.25) is 0 Å². The van der Waals surface area contributed by atoms with Crippen molar-refractivity contribution in [3.8, 4) is 0 Å². The van der Waals surface area contributed by atoms with E-state index in [-0.39, 0.29) is 0 Å². The van der Waals surface area contributed by atoms with Crippen LogP contribution in [0.2, 0.25) is 0 Å². The number of aryl methyl sites for hydroxylation is 1. The van der Waals surface area contributed by atoms with Gasteiger partial charge in [0.15, 0.2) is 0 Å². The van der Waals surface area contributed by atoms with E-state index >= 15 is 0 Å². The van der Waals surface area contributed by atoms with Gasteiger partial charge in [-0.25, -0.2) is 0 Å². The van der Waals surface area contributed by atoms with Crippen molar-refractivity contribution in [3.63, 3.8) is 0 Å². The highest BCUT2D eigenvalue weighted by molar-refractivity contribution is 7.98. The van der Waals surface area contributed by atoms with Crippen molar-refractivity contribution >= 4 is 17.4 Å². The smallest absolute Gasteiger partial charge is 0.0314 e. The lowest BCUT2D eigenvalue weighted by molar-refractivity contribution is 0.274. The zero-order chi connectivity index (χ0) is 12.7. The van der Waals surface area contributed by atoms with Crippen molar-refractivity contribution in [2.75, 3.05) is 31.3 Å². The van der Waals surface area contributed by atoms with E-state index in [2.05, 4.69) is 37.3 Å². The van der Waals surface area contributed by atoms with Gasteiger partial charge in [-0.1, -0.05) is 12.1 Å². The zero-order valence-corrected chi connectivity index (χ0v) is 12.0. The Morgan fingerprint density at radius 1 is 1.29 bits per heavy atom. The normalized spacial score (nSPS) is 12.9. The molecular formula is C14H24N2S. The maximum Gasteiger partial charge on any atom is 0.0314 e. The number of nitrogens with zero attached hydrogens (tertiary/aromatic N) is 1. The molecule has 1 atom stereocenters. The van der Waals surface area contributed by atoms with Crippen LogP contribution in [0, 0.1) is 0 Å². The zero-order valence-electron chi connectivity index (χ0n) is 11.1. The Kier molecular flexibility index (Phi) is 6.45. The summed E-state index contributed by atoms with van der Waals surface area (Å²) in [5.74, 6) is 1.21. The predicted molar refractivity (Wildman–Crippen MR) is 79.6 cm³/mol. The molecule has 0 aromatic heterocycles. The number of benzene rings is 1. The third-order valence-electron chi connectivity index (χ3n) is 3.12. The van der Waals surface area contributed by atoms with Crippen LogP contribution < -0.4 is 5.73 Å². The monoisotopic (exact) mass is 252 g/mol. The highest BCUT2D eigenvalue weighted by atomic mass is 32.2. The summed E-state index contributed by atoms with van der Waals surface area (Å²) in [6.45, 7) is 3.45. The quantitative estimate of drug-likeness (QED) is 0.757. The Morgan fingerprint density at radius 2 is 1.94 bits per heavy atom.